The molecule has 32 valence electrons. The van der Waals surface area contributed by atoms with Gasteiger partial charge in [-0.15, -0.1) is 2.78 Å². The van der Waals surface area contributed by atoms with E-state index in [0.29, 0.717) is 0 Å². The van der Waals surface area contributed by atoms with Gasteiger partial charge in [0.25, 0.3) is 0 Å². The van der Waals surface area contributed by atoms with Gasteiger partial charge in [0.15, 0.2) is 6.20 Å². The fourth-order valence-corrected chi connectivity index (χ4v) is 1.45. The normalized spacial score (nSPS) is 8.83. The Balaban J connectivity index is 3.05. The number of aromatic nitrogens is 1. The maximum absolute atomic E-state index is 2.20. The Kier molecular flexibility index (Phi) is 1.42. The minimum atomic E-state index is 1.70. The van der Waals surface area contributed by atoms with Crippen molar-refractivity contribution in [1.82, 2.24) is 0 Å². The monoisotopic (exact) mass is 212 g/mol. The van der Waals surface area contributed by atoms with Crippen molar-refractivity contribution >= 4 is 34.2 Å². The van der Waals surface area contributed by atoms with E-state index in [1.165, 1.54) is 0 Å². The van der Waals surface area contributed by atoms with Gasteiger partial charge >= 0.3 is 22.9 Å². The Labute approximate surface area is 54.1 Å². The van der Waals surface area contributed by atoms with Crippen molar-refractivity contribution in [2.45, 2.75) is 0 Å². The third-order valence-corrected chi connectivity index (χ3v) is 2.05. The van der Waals surface area contributed by atoms with E-state index in [9.17, 15) is 0 Å². The van der Waals surface area contributed by atoms with Gasteiger partial charge in [0.1, 0.15) is 0 Å². The molecule has 1 aromatic heterocycles. The molecule has 1 rings (SSSR count). The smallest absolute Gasteiger partial charge is 0.133 e. The summed E-state index contributed by atoms with van der Waals surface area (Å²) in [5.41, 5.74) is 2.03. The summed E-state index contributed by atoms with van der Waals surface area (Å²) in [5, 5.41) is 2.03. The van der Waals surface area contributed by atoms with Crippen LogP contribution in [-0.2, 0) is 0 Å². The highest BCUT2D eigenvalue weighted by molar-refractivity contribution is 14.1. The Morgan fingerprint density at radius 1 is 1.67 bits per heavy atom. The first-order valence-electron chi connectivity index (χ1n) is 1.49. The zero-order chi connectivity index (χ0) is 4.41. The number of hydrogen-bond acceptors (Lipinski definition) is 1. The van der Waals surface area contributed by atoms with Crippen molar-refractivity contribution in [3.63, 3.8) is 0 Å². The molecule has 0 N–H and O–H groups in total. The van der Waals surface area contributed by atoms with E-state index >= 15 is 0 Å². The molecule has 0 aliphatic heterocycles. The topological polar surface area (TPSA) is 3.88 Å². The van der Waals surface area contributed by atoms with Crippen LogP contribution in [0.4, 0.5) is 0 Å². The van der Waals surface area contributed by atoms with Gasteiger partial charge < -0.3 is 0 Å². The molecular formula is C3H3INS+. The molecule has 0 amide bonds. The van der Waals surface area contributed by atoms with Crippen molar-refractivity contribution in [2.75, 3.05) is 0 Å². The van der Waals surface area contributed by atoms with Gasteiger partial charge in [0, 0.05) is 0 Å². The predicted molar refractivity (Wildman–Crippen MR) is 33.9 cm³/mol. The molecule has 0 radical (unpaired) electrons. The van der Waals surface area contributed by atoms with Gasteiger partial charge in [-0.3, -0.25) is 0 Å². The molecule has 0 aliphatic carbocycles. The summed E-state index contributed by atoms with van der Waals surface area (Å²) in [7, 11) is 0. The molecule has 0 aliphatic rings. The molecule has 1 heterocycles. The fourth-order valence-electron chi connectivity index (χ4n) is 0.222. The zero-order valence-electron chi connectivity index (χ0n) is 2.97. The van der Waals surface area contributed by atoms with Gasteiger partial charge in [-0.25, -0.2) is 0 Å². The van der Waals surface area contributed by atoms with E-state index in [0.717, 1.165) is 0 Å². The second-order valence-corrected chi connectivity index (χ2v) is 2.74. The van der Waals surface area contributed by atoms with Gasteiger partial charge in [0.2, 0.25) is 5.51 Å². The van der Waals surface area contributed by atoms with Crippen molar-refractivity contribution in [1.29, 1.82) is 0 Å². The standard InChI is InChI=1S/C3H3INS/c4-5-1-2-6-3-5/h1-3H/q+1. The second kappa shape index (κ2) is 1.88. The average molecular weight is 212 g/mol. The van der Waals surface area contributed by atoms with Crippen LogP contribution in [0, 0.1) is 0 Å². The molecule has 0 aromatic carbocycles. The van der Waals surface area contributed by atoms with Crippen LogP contribution in [0.15, 0.2) is 17.1 Å². The first-order chi connectivity index (χ1) is 2.89. The van der Waals surface area contributed by atoms with Crippen LogP contribution < -0.4 is 2.78 Å². The number of rotatable bonds is 0. The van der Waals surface area contributed by atoms with E-state index in [1.807, 2.05) is 19.9 Å². The molecule has 0 atom stereocenters. The van der Waals surface area contributed by atoms with Gasteiger partial charge in [-0.2, -0.15) is 0 Å². The van der Waals surface area contributed by atoms with Gasteiger partial charge in [-0.05, 0) is 0 Å². The first-order valence-corrected chi connectivity index (χ1v) is 3.40. The van der Waals surface area contributed by atoms with E-state index in [-0.39, 0.29) is 0 Å². The summed E-state index contributed by atoms with van der Waals surface area (Å²) in [5.74, 6) is 0. The van der Waals surface area contributed by atoms with Crippen LogP contribution in [0.2, 0.25) is 0 Å². The lowest BCUT2D eigenvalue weighted by atomic mass is 11.0. The zero-order valence-corrected chi connectivity index (χ0v) is 5.94. The summed E-state index contributed by atoms with van der Waals surface area (Å²) in [6.45, 7) is 0. The molecule has 0 fully saturated rings. The molecule has 6 heavy (non-hydrogen) atoms. The minimum Gasteiger partial charge on any atom is -0.133 e. The molecule has 0 unspecified atom stereocenters. The van der Waals surface area contributed by atoms with Crippen molar-refractivity contribution in [3.8, 4) is 0 Å². The summed E-state index contributed by atoms with van der Waals surface area (Å²) in [6.07, 6.45) is 2.01. The first kappa shape index (κ1) is 4.52. The lowest BCUT2D eigenvalue weighted by Crippen LogP contribution is -2.10. The van der Waals surface area contributed by atoms with E-state index in [2.05, 4.69) is 22.9 Å². The highest BCUT2D eigenvalue weighted by Gasteiger charge is 1.86. The lowest BCUT2D eigenvalue weighted by molar-refractivity contribution is -0.433. The highest BCUT2D eigenvalue weighted by Crippen LogP contribution is 1.88. The van der Waals surface area contributed by atoms with E-state index < -0.39 is 0 Å². The number of hydrogen-bond donors (Lipinski definition) is 0. The van der Waals surface area contributed by atoms with Crippen LogP contribution >= 0.6 is 34.2 Å². The number of nitrogens with zero attached hydrogens (tertiary/aromatic N) is 1. The third-order valence-electron chi connectivity index (χ3n) is 0.443. The van der Waals surface area contributed by atoms with Crippen molar-refractivity contribution in [2.24, 2.45) is 0 Å². The average Bonchev–Trinajstić information content (AvgIpc) is 1.86. The number of thiazole rings is 1. The Morgan fingerprint density at radius 2 is 2.50 bits per heavy atom. The summed E-state index contributed by atoms with van der Waals surface area (Å²) in [6, 6.07) is 0. The lowest BCUT2D eigenvalue weighted by Gasteiger charge is -1.55. The summed E-state index contributed by atoms with van der Waals surface area (Å²) in [4.78, 5) is 0. The molecule has 0 saturated heterocycles. The molecule has 3 heteroatoms. The molecule has 1 aromatic rings. The predicted octanol–water partition coefficient (Wildman–Crippen LogP) is 1.23. The molecule has 0 bridgehead atoms. The van der Waals surface area contributed by atoms with Crippen molar-refractivity contribution < 1.29 is 2.78 Å². The largest absolute Gasteiger partial charge is 0.354 e. The quantitative estimate of drug-likeness (QED) is 0.569. The van der Waals surface area contributed by atoms with Crippen LogP contribution in [0.3, 0.4) is 0 Å². The van der Waals surface area contributed by atoms with Gasteiger partial charge in [-0.1, -0.05) is 11.3 Å². The molecule has 0 saturated carbocycles. The highest BCUT2D eigenvalue weighted by atomic mass is 127. The van der Waals surface area contributed by atoms with Crippen LogP contribution in [0.25, 0.3) is 0 Å². The Hall–Kier alpha value is 0.360. The van der Waals surface area contributed by atoms with Crippen LogP contribution in [0.1, 0.15) is 0 Å². The molecular weight excluding hydrogens is 209 g/mol. The van der Waals surface area contributed by atoms with Crippen molar-refractivity contribution in [3.05, 3.63) is 17.1 Å². The second-order valence-electron chi connectivity index (χ2n) is 0.871. The van der Waals surface area contributed by atoms with Gasteiger partial charge in [0.05, 0.1) is 5.38 Å². The summed E-state index contributed by atoms with van der Waals surface area (Å²) >= 11 is 3.90. The van der Waals surface area contributed by atoms with Crippen LogP contribution in [0.5, 0.6) is 0 Å². The molecule has 0 spiro atoms. The summed E-state index contributed by atoms with van der Waals surface area (Å²) < 4.78 is 1.99. The third kappa shape index (κ3) is 0.909. The minimum absolute atomic E-state index is 1.70. The maximum atomic E-state index is 2.20. The Bertz CT molecular complexity index is 114. The fraction of sp³-hybridized carbons (Fsp3) is 0. The Morgan fingerprint density at radius 3 is 2.67 bits per heavy atom. The van der Waals surface area contributed by atoms with Crippen LogP contribution in [-0.4, -0.2) is 0 Å². The molecule has 1 nitrogen and oxygen atoms in total. The maximum Gasteiger partial charge on any atom is 0.354 e. The van der Waals surface area contributed by atoms with E-state index in [1.54, 1.807) is 11.3 Å². The van der Waals surface area contributed by atoms with E-state index in [4.69, 9.17) is 0 Å². The SMILES string of the molecule is I[n+]1ccsc1. The number of halogens is 1.